The number of nitrogens with two attached hydrogens (primary N) is 1. The van der Waals surface area contributed by atoms with E-state index in [0.29, 0.717) is 17.9 Å². The van der Waals surface area contributed by atoms with E-state index in [-0.39, 0.29) is 12.4 Å². The SMILES string of the molecule is CCOc1cccc([C@H](N)C(C)(C)CO)c1O. The Balaban J connectivity index is 3.10. The van der Waals surface area contributed by atoms with Crippen LogP contribution < -0.4 is 10.5 Å². The molecule has 0 aliphatic heterocycles. The number of para-hydroxylation sites is 1. The van der Waals surface area contributed by atoms with Crippen molar-refractivity contribution in [1.82, 2.24) is 0 Å². The summed E-state index contributed by atoms with van der Waals surface area (Å²) in [4.78, 5) is 0. The lowest BCUT2D eigenvalue weighted by molar-refractivity contribution is 0.131. The Labute approximate surface area is 102 Å². The van der Waals surface area contributed by atoms with Crippen LogP contribution in [-0.2, 0) is 0 Å². The minimum absolute atomic E-state index is 0.0491. The van der Waals surface area contributed by atoms with Crippen molar-refractivity contribution in [2.24, 2.45) is 11.1 Å². The highest BCUT2D eigenvalue weighted by Crippen LogP contribution is 2.39. The molecule has 1 aromatic carbocycles. The molecule has 0 spiro atoms. The van der Waals surface area contributed by atoms with E-state index in [1.165, 1.54) is 0 Å². The third kappa shape index (κ3) is 2.90. The normalized spacial score (nSPS) is 13.5. The molecule has 0 fully saturated rings. The summed E-state index contributed by atoms with van der Waals surface area (Å²) in [5, 5.41) is 19.4. The minimum Gasteiger partial charge on any atom is -0.504 e. The molecule has 1 atom stereocenters. The Hall–Kier alpha value is -1.26. The van der Waals surface area contributed by atoms with Crippen molar-refractivity contribution in [3.8, 4) is 11.5 Å². The smallest absolute Gasteiger partial charge is 0.162 e. The third-order valence-electron chi connectivity index (χ3n) is 2.91. The number of phenols is 1. The van der Waals surface area contributed by atoms with Crippen LogP contribution in [0.4, 0.5) is 0 Å². The van der Waals surface area contributed by atoms with E-state index >= 15 is 0 Å². The van der Waals surface area contributed by atoms with E-state index in [0.717, 1.165) is 0 Å². The van der Waals surface area contributed by atoms with E-state index in [4.69, 9.17) is 10.5 Å². The maximum atomic E-state index is 10.1. The standard InChI is InChI=1S/C13H21NO3/c1-4-17-10-7-5-6-9(11(10)16)12(14)13(2,3)8-15/h5-7,12,15-16H,4,8,14H2,1-3H3/t12-/m0/s1. The fraction of sp³-hybridized carbons (Fsp3) is 0.538. The van der Waals surface area contributed by atoms with Crippen molar-refractivity contribution in [1.29, 1.82) is 0 Å². The molecule has 4 N–H and O–H groups in total. The summed E-state index contributed by atoms with van der Waals surface area (Å²) in [6.45, 7) is 5.99. The molecule has 1 aromatic rings. The highest BCUT2D eigenvalue weighted by atomic mass is 16.5. The lowest BCUT2D eigenvalue weighted by Crippen LogP contribution is -2.32. The average molecular weight is 239 g/mol. The molecule has 0 unspecified atom stereocenters. The molecule has 17 heavy (non-hydrogen) atoms. The predicted octanol–water partition coefficient (Wildman–Crippen LogP) is 1.81. The van der Waals surface area contributed by atoms with Crippen molar-refractivity contribution < 1.29 is 14.9 Å². The number of phenolic OH excluding ortho intramolecular Hbond substituents is 1. The Morgan fingerprint density at radius 2 is 2.06 bits per heavy atom. The van der Waals surface area contributed by atoms with Crippen LogP contribution in [0.1, 0.15) is 32.4 Å². The van der Waals surface area contributed by atoms with Gasteiger partial charge in [-0.15, -0.1) is 0 Å². The Morgan fingerprint density at radius 1 is 1.41 bits per heavy atom. The summed E-state index contributed by atoms with van der Waals surface area (Å²) >= 11 is 0. The summed E-state index contributed by atoms with van der Waals surface area (Å²) in [6, 6.07) is 4.78. The molecule has 96 valence electrons. The van der Waals surface area contributed by atoms with Crippen LogP contribution in [0, 0.1) is 5.41 Å². The summed E-state index contributed by atoms with van der Waals surface area (Å²) in [5.74, 6) is 0.484. The van der Waals surface area contributed by atoms with E-state index < -0.39 is 11.5 Å². The van der Waals surface area contributed by atoms with Crippen LogP contribution >= 0.6 is 0 Å². The summed E-state index contributed by atoms with van der Waals surface area (Å²) in [6.07, 6.45) is 0. The van der Waals surface area contributed by atoms with Crippen LogP contribution in [0.25, 0.3) is 0 Å². The van der Waals surface area contributed by atoms with Gasteiger partial charge in [0.15, 0.2) is 11.5 Å². The second-order valence-corrected chi connectivity index (χ2v) is 4.75. The van der Waals surface area contributed by atoms with Gasteiger partial charge in [0.1, 0.15) is 0 Å². The lowest BCUT2D eigenvalue weighted by atomic mass is 9.81. The van der Waals surface area contributed by atoms with E-state index in [1.54, 1.807) is 18.2 Å². The van der Waals surface area contributed by atoms with Crippen LogP contribution in [-0.4, -0.2) is 23.4 Å². The van der Waals surface area contributed by atoms with Crippen LogP contribution in [0.15, 0.2) is 18.2 Å². The van der Waals surface area contributed by atoms with Crippen molar-refractivity contribution in [2.75, 3.05) is 13.2 Å². The zero-order valence-electron chi connectivity index (χ0n) is 10.6. The van der Waals surface area contributed by atoms with Gasteiger partial charge < -0.3 is 20.7 Å². The first-order valence-corrected chi connectivity index (χ1v) is 5.75. The highest BCUT2D eigenvalue weighted by Gasteiger charge is 2.29. The number of aromatic hydroxyl groups is 1. The van der Waals surface area contributed by atoms with Gasteiger partial charge in [-0.3, -0.25) is 0 Å². The Morgan fingerprint density at radius 3 is 2.59 bits per heavy atom. The molecule has 4 heteroatoms. The molecule has 0 aromatic heterocycles. The zero-order chi connectivity index (χ0) is 13.1. The van der Waals surface area contributed by atoms with E-state index in [1.807, 2.05) is 20.8 Å². The Bertz CT molecular complexity index is 377. The number of aliphatic hydroxyl groups excluding tert-OH is 1. The van der Waals surface area contributed by atoms with Crippen molar-refractivity contribution >= 4 is 0 Å². The highest BCUT2D eigenvalue weighted by molar-refractivity contribution is 5.47. The van der Waals surface area contributed by atoms with Gasteiger partial charge in [-0.25, -0.2) is 0 Å². The topological polar surface area (TPSA) is 75.7 Å². The quantitative estimate of drug-likeness (QED) is 0.732. The summed E-state index contributed by atoms with van der Waals surface area (Å²) in [7, 11) is 0. The maximum Gasteiger partial charge on any atom is 0.162 e. The first-order chi connectivity index (χ1) is 7.94. The fourth-order valence-electron chi connectivity index (χ4n) is 1.58. The molecule has 0 saturated carbocycles. The summed E-state index contributed by atoms with van der Waals surface area (Å²) in [5.41, 5.74) is 6.17. The molecule has 1 rings (SSSR count). The Kier molecular flexibility index (Phi) is 4.37. The number of hydrogen-bond donors (Lipinski definition) is 3. The van der Waals surface area contributed by atoms with E-state index in [9.17, 15) is 10.2 Å². The van der Waals surface area contributed by atoms with Gasteiger partial charge in [-0.1, -0.05) is 26.0 Å². The van der Waals surface area contributed by atoms with E-state index in [2.05, 4.69) is 0 Å². The fourth-order valence-corrected chi connectivity index (χ4v) is 1.58. The number of benzene rings is 1. The van der Waals surface area contributed by atoms with Gasteiger partial charge in [-0.2, -0.15) is 0 Å². The predicted molar refractivity (Wildman–Crippen MR) is 67.1 cm³/mol. The summed E-state index contributed by atoms with van der Waals surface area (Å²) < 4.78 is 5.31. The number of aliphatic hydroxyl groups is 1. The van der Waals surface area contributed by atoms with Gasteiger partial charge in [0.2, 0.25) is 0 Å². The van der Waals surface area contributed by atoms with Crippen molar-refractivity contribution in [3.63, 3.8) is 0 Å². The molecular weight excluding hydrogens is 218 g/mol. The second kappa shape index (κ2) is 5.38. The zero-order valence-corrected chi connectivity index (χ0v) is 10.6. The van der Waals surface area contributed by atoms with Crippen LogP contribution in [0.5, 0.6) is 11.5 Å². The van der Waals surface area contributed by atoms with Crippen molar-refractivity contribution in [3.05, 3.63) is 23.8 Å². The third-order valence-corrected chi connectivity index (χ3v) is 2.91. The molecule has 0 radical (unpaired) electrons. The van der Waals surface area contributed by atoms with Gasteiger partial charge >= 0.3 is 0 Å². The molecule has 0 amide bonds. The largest absolute Gasteiger partial charge is 0.504 e. The van der Waals surface area contributed by atoms with Crippen LogP contribution in [0.3, 0.4) is 0 Å². The minimum atomic E-state index is -0.498. The van der Waals surface area contributed by atoms with Gasteiger partial charge in [-0.05, 0) is 13.0 Å². The molecule has 0 heterocycles. The number of rotatable bonds is 5. The molecule has 0 aliphatic rings. The number of ether oxygens (including phenoxy) is 1. The van der Waals surface area contributed by atoms with Gasteiger partial charge in [0, 0.05) is 23.6 Å². The molecule has 4 nitrogen and oxygen atoms in total. The van der Waals surface area contributed by atoms with Gasteiger partial charge in [0.25, 0.3) is 0 Å². The second-order valence-electron chi connectivity index (χ2n) is 4.75. The molecular formula is C13H21NO3. The first-order valence-electron chi connectivity index (χ1n) is 5.75. The first kappa shape index (κ1) is 13.8. The molecule has 0 bridgehead atoms. The maximum absolute atomic E-state index is 10.1. The lowest BCUT2D eigenvalue weighted by Gasteiger charge is -2.30. The molecule has 0 aliphatic carbocycles. The monoisotopic (exact) mass is 239 g/mol. The molecule has 0 saturated heterocycles. The average Bonchev–Trinajstić information content (AvgIpc) is 2.31. The van der Waals surface area contributed by atoms with Crippen LogP contribution in [0.2, 0.25) is 0 Å². The van der Waals surface area contributed by atoms with Crippen molar-refractivity contribution in [2.45, 2.75) is 26.8 Å². The number of hydrogen-bond acceptors (Lipinski definition) is 4. The van der Waals surface area contributed by atoms with Gasteiger partial charge in [0.05, 0.1) is 6.61 Å².